The van der Waals surface area contributed by atoms with E-state index in [2.05, 4.69) is 4.98 Å². The van der Waals surface area contributed by atoms with Gasteiger partial charge in [0.1, 0.15) is 5.82 Å². The molecule has 0 saturated heterocycles. The Balaban J connectivity index is 2.09. The summed E-state index contributed by atoms with van der Waals surface area (Å²) in [7, 11) is 1.95. The number of hydrogen-bond donors (Lipinski definition) is 1. The van der Waals surface area contributed by atoms with Crippen LogP contribution in [0.2, 0.25) is 0 Å². The minimum Gasteiger partial charge on any atom is -0.337 e. The minimum absolute atomic E-state index is 0.188. The van der Waals surface area contributed by atoms with Gasteiger partial charge in [0.15, 0.2) is 0 Å². The highest BCUT2D eigenvalue weighted by atomic mass is 19.1. The largest absolute Gasteiger partial charge is 0.337 e. The van der Waals surface area contributed by atoms with Crippen molar-refractivity contribution >= 4 is 0 Å². The van der Waals surface area contributed by atoms with Gasteiger partial charge in [0.25, 0.3) is 0 Å². The number of aryl methyl sites for hydroxylation is 2. The summed E-state index contributed by atoms with van der Waals surface area (Å²) in [6.45, 7) is 0.444. The van der Waals surface area contributed by atoms with E-state index in [4.69, 9.17) is 5.73 Å². The molecule has 3 nitrogen and oxygen atoms in total. The summed E-state index contributed by atoms with van der Waals surface area (Å²) >= 11 is 0. The van der Waals surface area contributed by atoms with Crippen LogP contribution in [0.1, 0.15) is 17.0 Å². The van der Waals surface area contributed by atoms with Crippen molar-refractivity contribution in [3.05, 3.63) is 53.4 Å². The number of nitrogens with zero attached hydrogens (tertiary/aromatic N) is 2. The Hall–Kier alpha value is -1.68. The van der Waals surface area contributed by atoms with Crippen LogP contribution in [0.25, 0.3) is 0 Å². The van der Waals surface area contributed by atoms with Crippen LogP contribution in [0, 0.1) is 5.82 Å². The second-order valence-electron chi connectivity index (χ2n) is 4.08. The Morgan fingerprint density at radius 1 is 1.35 bits per heavy atom. The molecule has 0 aliphatic carbocycles. The third-order valence-electron chi connectivity index (χ3n) is 2.88. The molecule has 2 aromatic rings. The Morgan fingerprint density at radius 2 is 2.18 bits per heavy atom. The van der Waals surface area contributed by atoms with Gasteiger partial charge in [-0.1, -0.05) is 12.1 Å². The van der Waals surface area contributed by atoms with Crippen LogP contribution in [0.15, 0.2) is 30.6 Å². The van der Waals surface area contributed by atoms with Crippen molar-refractivity contribution in [1.82, 2.24) is 9.55 Å². The van der Waals surface area contributed by atoms with Crippen molar-refractivity contribution in [1.29, 1.82) is 0 Å². The molecule has 4 heteroatoms. The highest BCUT2D eigenvalue weighted by Gasteiger charge is 2.07. The smallest absolute Gasteiger partial charge is 0.123 e. The van der Waals surface area contributed by atoms with Gasteiger partial charge >= 0.3 is 0 Å². The predicted molar refractivity (Wildman–Crippen MR) is 64.9 cm³/mol. The molecule has 0 saturated carbocycles. The number of imidazole rings is 1. The molecule has 90 valence electrons. The third-order valence-corrected chi connectivity index (χ3v) is 2.88. The maximum atomic E-state index is 13.0. The van der Waals surface area contributed by atoms with Gasteiger partial charge in [-0.05, 0) is 30.5 Å². The maximum absolute atomic E-state index is 13.0. The lowest BCUT2D eigenvalue weighted by molar-refractivity contribution is 0.625. The first kappa shape index (κ1) is 11.8. The summed E-state index contributed by atoms with van der Waals surface area (Å²) in [6.07, 6.45) is 3.39. The molecule has 2 rings (SSSR count). The van der Waals surface area contributed by atoms with Crippen LogP contribution < -0.4 is 5.73 Å². The second-order valence-corrected chi connectivity index (χ2v) is 4.08. The van der Waals surface area contributed by atoms with Crippen LogP contribution in [0.5, 0.6) is 0 Å². The van der Waals surface area contributed by atoms with Crippen molar-refractivity contribution in [3.8, 4) is 0 Å². The normalized spacial score (nSPS) is 10.8. The quantitative estimate of drug-likeness (QED) is 0.875. The zero-order valence-corrected chi connectivity index (χ0v) is 9.86. The number of nitrogens with two attached hydrogens (primary N) is 1. The van der Waals surface area contributed by atoms with Gasteiger partial charge in [0, 0.05) is 19.3 Å². The van der Waals surface area contributed by atoms with E-state index in [0.29, 0.717) is 6.54 Å². The predicted octanol–water partition coefficient (Wildman–Crippen LogP) is 1.80. The van der Waals surface area contributed by atoms with Crippen LogP contribution in [-0.2, 0) is 26.4 Å². The zero-order chi connectivity index (χ0) is 12.3. The number of rotatable bonds is 4. The van der Waals surface area contributed by atoms with Crippen LogP contribution in [0.4, 0.5) is 4.39 Å². The molecule has 0 amide bonds. The van der Waals surface area contributed by atoms with E-state index in [1.807, 2.05) is 17.7 Å². The van der Waals surface area contributed by atoms with Crippen molar-refractivity contribution in [2.75, 3.05) is 0 Å². The molecule has 0 atom stereocenters. The summed E-state index contributed by atoms with van der Waals surface area (Å²) in [5, 5.41) is 0. The van der Waals surface area contributed by atoms with Gasteiger partial charge in [-0.15, -0.1) is 0 Å². The van der Waals surface area contributed by atoms with E-state index in [9.17, 15) is 4.39 Å². The van der Waals surface area contributed by atoms with Crippen LogP contribution in [0.3, 0.4) is 0 Å². The average molecular weight is 233 g/mol. The summed E-state index contributed by atoms with van der Waals surface area (Å²) < 4.78 is 15.0. The van der Waals surface area contributed by atoms with Crippen molar-refractivity contribution < 1.29 is 4.39 Å². The fourth-order valence-corrected chi connectivity index (χ4v) is 1.95. The van der Waals surface area contributed by atoms with Gasteiger partial charge in [-0.3, -0.25) is 0 Å². The van der Waals surface area contributed by atoms with Crippen molar-refractivity contribution in [3.63, 3.8) is 0 Å². The first-order chi connectivity index (χ1) is 8.20. The number of benzene rings is 1. The molecule has 1 aromatic carbocycles. The van der Waals surface area contributed by atoms with Crippen molar-refractivity contribution in [2.45, 2.75) is 19.4 Å². The second kappa shape index (κ2) is 5.10. The highest BCUT2D eigenvalue weighted by Crippen LogP contribution is 2.11. The van der Waals surface area contributed by atoms with Crippen LogP contribution >= 0.6 is 0 Å². The van der Waals surface area contributed by atoms with Gasteiger partial charge in [-0.2, -0.15) is 0 Å². The standard InChI is InChI=1S/C13H16FN3/c1-17-9-16-12(8-15)13(17)6-5-10-3-2-4-11(14)7-10/h2-4,7,9H,5-6,8,15H2,1H3. The number of halogens is 1. The fraction of sp³-hybridized carbons (Fsp3) is 0.308. The van der Waals surface area contributed by atoms with Gasteiger partial charge in [0.2, 0.25) is 0 Å². The summed E-state index contributed by atoms with van der Waals surface area (Å²) in [6, 6.07) is 6.69. The molecular formula is C13H16FN3. The Labute approximate surface area is 100 Å². The number of hydrogen-bond acceptors (Lipinski definition) is 2. The van der Waals surface area contributed by atoms with Gasteiger partial charge in [0.05, 0.1) is 12.0 Å². The summed E-state index contributed by atoms with van der Waals surface area (Å²) in [5.41, 5.74) is 8.66. The number of aromatic nitrogens is 2. The van der Waals surface area contributed by atoms with Gasteiger partial charge in [-0.25, -0.2) is 9.37 Å². The molecule has 0 bridgehead atoms. The molecule has 0 unspecified atom stereocenters. The molecule has 0 fully saturated rings. The maximum Gasteiger partial charge on any atom is 0.123 e. The molecule has 0 spiro atoms. The van der Waals surface area contributed by atoms with E-state index in [-0.39, 0.29) is 5.82 Å². The molecule has 0 aliphatic heterocycles. The summed E-state index contributed by atoms with van der Waals surface area (Å²) in [4.78, 5) is 4.23. The van der Waals surface area contributed by atoms with Crippen molar-refractivity contribution in [2.24, 2.45) is 12.8 Å². The van der Waals surface area contributed by atoms with E-state index in [0.717, 1.165) is 29.8 Å². The lowest BCUT2D eigenvalue weighted by Gasteiger charge is -2.05. The fourth-order valence-electron chi connectivity index (χ4n) is 1.95. The molecule has 1 heterocycles. The molecule has 2 N–H and O–H groups in total. The first-order valence-corrected chi connectivity index (χ1v) is 5.64. The Morgan fingerprint density at radius 3 is 2.88 bits per heavy atom. The van der Waals surface area contributed by atoms with E-state index in [1.165, 1.54) is 6.07 Å². The highest BCUT2D eigenvalue weighted by molar-refractivity contribution is 5.20. The summed E-state index contributed by atoms with van der Waals surface area (Å²) in [5.74, 6) is -0.188. The molecule has 0 aliphatic rings. The molecule has 0 radical (unpaired) electrons. The van der Waals surface area contributed by atoms with E-state index in [1.54, 1.807) is 18.5 Å². The zero-order valence-electron chi connectivity index (χ0n) is 9.86. The SMILES string of the molecule is Cn1cnc(CN)c1CCc1cccc(F)c1. The first-order valence-electron chi connectivity index (χ1n) is 5.64. The van der Waals surface area contributed by atoms with E-state index < -0.39 is 0 Å². The Kier molecular flexibility index (Phi) is 3.54. The average Bonchev–Trinajstić information content (AvgIpc) is 2.67. The third kappa shape index (κ3) is 2.71. The minimum atomic E-state index is -0.188. The van der Waals surface area contributed by atoms with E-state index >= 15 is 0 Å². The topological polar surface area (TPSA) is 43.8 Å². The molecule has 1 aromatic heterocycles. The monoisotopic (exact) mass is 233 g/mol. The molecule has 17 heavy (non-hydrogen) atoms. The lowest BCUT2D eigenvalue weighted by Crippen LogP contribution is -2.05. The Bertz CT molecular complexity index is 505. The van der Waals surface area contributed by atoms with Gasteiger partial charge < -0.3 is 10.3 Å². The van der Waals surface area contributed by atoms with Crippen LogP contribution in [-0.4, -0.2) is 9.55 Å². The lowest BCUT2D eigenvalue weighted by atomic mass is 10.1. The molecular weight excluding hydrogens is 217 g/mol.